The fraction of sp³-hybridized carbons (Fsp3) is 0.294. The lowest BCUT2D eigenvalue weighted by Gasteiger charge is -2.17. The summed E-state index contributed by atoms with van der Waals surface area (Å²) < 4.78 is 5.74. The molecule has 4 heteroatoms. The number of aromatic nitrogens is 1. The minimum atomic E-state index is -0.482. The molecule has 1 aromatic carbocycles. The lowest BCUT2D eigenvalue weighted by molar-refractivity contribution is -0.128. The molecule has 4 nitrogen and oxygen atoms in total. The molecule has 1 unspecified atom stereocenters. The topological polar surface area (TPSA) is 51.2 Å². The van der Waals surface area contributed by atoms with Crippen LogP contribution in [0.25, 0.3) is 0 Å². The molecule has 2 rings (SSSR count). The van der Waals surface area contributed by atoms with E-state index in [0.29, 0.717) is 18.7 Å². The predicted molar refractivity (Wildman–Crippen MR) is 82.0 cm³/mol. The Kier molecular flexibility index (Phi) is 5.32. The van der Waals surface area contributed by atoms with Crippen molar-refractivity contribution in [1.82, 2.24) is 10.3 Å². The van der Waals surface area contributed by atoms with Crippen molar-refractivity contribution in [2.24, 2.45) is 0 Å². The van der Waals surface area contributed by atoms with Crippen LogP contribution in [0.1, 0.15) is 24.5 Å². The number of amides is 1. The number of ether oxygens (including phenoxy) is 1. The van der Waals surface area contributed by atoms with Crippen LogP contribution in [0.5, 0.6) is 5.75 Å². The van der Waals surface area contributed by atoms with Crippen molar-refractivity contribution >= 4 is 5.91 Å². The molecule has 0 aliphatic heterocycles. The van der Waals surface area contributed by atoms with Crippen molar-refractivity contribution in [1.29, 1.82) is 0 Å². The lowest BCUT2D eigenvalue weighted by Crippen LogP contribution is -2.37. The van der Waals surface area contributed by atoms with Gasteiger partial charge in [-0.1, -0.05) is 30.7 Å². The number of rotatable bonds is 6. The maximum absolute atomic E-state index is 12.2. The highest BCUT2D eigenvalue weighted by molar-refractivity contribution is 5.81. The molecule has 1 amide bonds. The molecule has 0 aliphatic rings. The molecule has 110 valence electrons. The quantitative estimate of drug-likeness (QED) is 0.887. The standard InChI is InChI=1S/C17H20N2O2/c1-3-16(21-15-8-6-13(2)7-9-15)17(20)19-12-14-5-4-10-18-11-14/h4-11,16H,3,12H2,1-2H3,(H,19,20). The fourth-order valence-corrected chi connectivity index (χ4v) is 1.91. The first-order valence-electron chi connectivity index (χ1n) is 7.09. The third-order valence-electron chi connectivity index (χ3n) is 3.15. The van der Waals surface area contributed by atoms with Gasteiger partial charge in [-0.3, -0.25) is 9.78 Å². The minimum Gasteiger partial charge on any atom is -0.481 e. The van der Waals surface area contributed by atoms with Gasteiger partial charge in [-0.05, 0) is 37.1 Å². The zero-order valence-electron chi connectivity index (χ0n) is 12.4. The number of nitrogens with zero attached hydrogens (tertiary/aromatic N) is 1. The van der Waals surface area contributed by atoms with E-state index in [4.69, 9.17) is 4.74 Å². The van der Waals surface area contributed by atoms with Crippen molar-refractivity contribution < 1.29 is 9.53 Å². The fourth-order valence-electron chi connectivity index (χ4n) is 1.91. The van der Waals surface area contributed by atoms with Gasteiger partial charge in [0.15, 0.2) is 6.10 Å². The highest BCUT2D eigenvalue weighted by Crippen LogP contribution is 2.14. The maximum atomic E-state index is 12.2. The number of nitrogens with one attached hydrogen (secondary N) is 1. The summed E-state index contributed by atoms with van der Waals surface area (Å²) in [4.78, 5) is 16.2. The summed E-state index contributed by atoms with van der Waals surface area (Å²) in [5.41, 5.74) is 2.13. The highest BCUT2D eigenvalue weighted by Gasteiger charge is 2.17. The van der Waals surface area contributed by atoms with Gasteiger partial charge in [0.2, 0.25) is 0 Å². The van der Waals surface area contributed by atoms with E-state index >= 15 is 0 Å². The molecule has 0 radical (unpaired) electrons. The highest BCUT2D eigenvalue weighted by atomic mass is 16.5. The maximum Gasteiger partial charge on any atom is 0.261 e. The van der Waals surface area contributed by atoms with Gasteiger partial charge in [0.05, 0.1) is 0 Å². The van der Waals surface area contributed by atoms with Crippen LogP contribution in [-0.4, -0.2) is 17.0 Å². The Morgan fingerprint density at radius 1 is 1.29 bits per heavy atom. The number of hydrogen-bond acceptors (Lipinski definition) is 3. The molecule has 1 N–H and O–H groups in total. The molecule has 1 aromatic heterocycles. The monoisotopic (exact) mass is 284 g/mol. The Balaban J connectivity index is 1.90. The number of hydrogen-bond donors (Lipinski definition) is 1. The van der Waals surface area contributed by atoms with Crippen LogP contribution in [0.2, 0.25) is 0 Å². The summed E-state index contributed by atoms with van der Waals surface area (Å²) in [7, 11) is 0. The summed E-state index contributed by atoms with van der Waals surface area (Å²) in [6, 6.07) is 11.5. The van der Waals surface area contributed by atoms with E-state index < -0.39 is 6.10 Å². The van der Waals surface area contributed by atoms with E-state index in [2.05, 4.69) is 10.3 Å². The van der Waals surface area contributed by atoms with Crippen LogP contribution < -0.4 is 10.1 Å². The van der Waals surface area contributed by atoms with Crippen molar-refractivity contribution in [3.63, 3.8) is 0 Å². The van der Waals surface area contributed by atoms with Crippen LogP contribution in [0.4, 0.5) is 0 Å². The molecule has 1 heterocycles. The van der Waals surface area contributed by atoms with E-state index in [0.717, 1.165) is 11.1 Å². The van der Waals surface area contributed by atoms with Gasteiger partial charge in [0.25, 0.3) is 5.91 Å². The average Bonchev–Trinajstić information content (AvgIpc) is 2.53. The van der Waals surface area contributed by atoms with Gasteiger partial charge >= 0.3 is 0 Å². The van der Waals surface area contributed by atoms with E-state index in [1.165, 1.54) is 0 Å². The zero-order chi connectivity index (χ0) is 15.1. The molecule has 0 fully saturated rings. The number of benzene rings is 1. The summed E-state index contributed by atoms with van der Waals surface area (Å²) >= 11 is 0. The molecule has 1 atom stereocenters. The Bertz CT molecular complexity index is 567. The minimum absolute atomic E-state index is 0.109. The Labute approximate surface area is 125 Å². The third-order valence-corrected chi connectivity index (χ3v) is 3.15. The molecule has 0 bridgehead atoms. The SMILES string of the molecule is CCC(Oc1ccc(C)cc1)C(=O)NCc1cccnc1. The van der Waals surface area contributed by atoms with Crippen molar-refractivity contribution in [3.05, 3.63) is 59.9 Å². The van der Waals surface area contributed by atoms with Crippen LogP contribution >= 0.6 is 0 Å². The molecule has 0 saturated heterocycles. The average molecular weight is 284 g/mol. The lowest BCUT2D eigenvalue weighted by atomic mass is 10.2. The van der Waals surface area contributed by atoms with Crippen molar-refractivity contribution in [3.8, 4) is 5.75 Å². The first-order chi connectivity index (χ1) is 10.2. The van der Waals surface area contributed by atoms with Gasteiger partial charge in [-0.25, -0.2) is 0 Å². The van der Waals surface area contributed by atoms with Gasteiger partial charge in [0.1, 0.15) is 5.75 Å². The normalized spacial score (nSPS) is 11.7. The van der Waals surface area contributed by atoms with Gasteiger partial charge < -0.3 is 10.1 Å². The molecular formula is C17H20N2O2. The van der Waals surface area contributed by atoms with Gasteiger partial charge in [-0.2, -0.15) is 0 Å². The van der Waals surface area contributed by atoms with E-state index in [1.54, 1.807) is 12.4 Å². The van der Waals surface area contributed by atoms with Crippen molar-refractivity contribution in [2.45, 2.75) is 32.9 Å². The van der Waals surface area contributed by atoms with Crippen LogP contribution in [0.15, 0.2) is 48.8 Å². The number of pyridine rings is 1. The first kappa shape index (κ1) is 15.0. The van der Waals surface area contributed by atoms with Crippen molar-refractivity contribution in [2.75, 3.05) is 0 Å². The Morgan fingerprint density at radius 3 is 2.67 bits per heavy atom. The summed E-state index contributed by atoms with van der Waals surface area (Å²) in [5.74, 6) is 0.603. The summed E-state index contributed by atoms with van der Waals surface area (Å²) in [6.45, 7) is 4.41. The molecular weight excluding hydrogens is 264 g/mol. The van der Waals surface area contributed by atoms with Gasteiger partial charge in [-0.15, -0.1) is 0 Å². The molecule has 0 aliphatic carbocycles. The second-order valence-electron chi connectivity index (χ2n) is 4.91. The number of carbonyl (C=O) groups excluding carboxylic acids is 1. The molecule has 0 spiro atoms. The molecule has 0 saturated carbocycles. The summed E-state index contributed by atoms with van der Waals surface area (Å²) in [5, 5.41) is 2.88. The largest absolute Gasteiger partial charge is 0.481 e. The van der Waals surface area contributed by atoms with Crippen LogP contribution in [-0.2, 0) is 11.3 Å². The second-order valence-corrected chi connectivity index (χ2v) is 4.91. The van der Waals surface area contributed by atoms with E-state index in [1.807, 2.05) is 50.2 Å². The second kappa shape index (κ2) is 7.43. The number of carbonyl (C=O) groups is 1. The van der Waals surface area contributed by atoms with Crippen LogP contribution in [0, 0.1) is 6.92 Å². The number of aryl methyl sites for hydroxylation is 1. The zero-order valence-corrected chi connectivity index (χ0v) is 12.4. The van der Waals surface area contributed by atoms with Gasteiger partial charge in [0, 0.05) is 18.9 Å². The molecule has 21 heavy (non-hydrogen) atoms. The third kappa shape index (κ3) is 4.60. The Morgan fingerprint density at radius 2 is 2.05 bits per heavy atom. The van der Waals surface area contributed by atoms with Crippen LogP contribution in [0.3, 0.4) is 0 Å². The predicted octanol–water partition coefficient (Wildman–Crippen LogP) is 2.86. The van der Waals surface area contributed by atoms with E-state index in [9.17, 15) is 4.79 Å². The smallest absolute Gasteiger partial charge is 0.261 e. The molecule has 2 aromatic rings. The summed E-state index contributed by atoms with van der Waals surface area (Å²) in [6.07, 6.45) is 3.58. The Hall–Kier alpha value is -2.36. The first-order valence-corrected chi connectivity index (χ1v) is 7.09. The van der Waals surface area contributed by atoms with E-state index in [-0.39, 0.29) is 5.91 Å².